The van der Waals surface area contributed by atoms with E-state index in [0.717, 1.165) is 18.8 Å². The molecule has 5 nitrogen and oxygen atoms in total. The van der Waals surface area contributed by atoms with Crippen LogP contribution >= 0.6 is 22.7 Å². The van der Waals surface area contributed by atoms with Gasteiger partial charge in [-0.2, -0.15) is 5.10 Å². The summed E-state index contributed by atoms with van der Waals surface area (Å²) in [4.78, 5) is 5.64. The van der Waals surface area contributed by atoms with Gasteiger partial charge in [-0.1, -0.05) is 13.8 Å². The maximum absolute atomic E-state index is 5.77. The Kier molecular flexibility index (Phi) is 4.34. The Morgan fingerprint density at radius 1 is 1.38 bits per heavy atom. The molecule has 3 heterocycles. The van der Waals surface area contributed by atoms with Crippen molar-refractivity contribution in [2.24, 2.45) is 11.8 Å². The number of hydrazine groups is 1. The van der Waals surface area contributed by atoms with Crippen LogP contribution in [0, 0.1) is 5.92 Å². The van der Waals surface area contributed by atoms with Crippen LogP contribution in [0.25, 0.3) is 9.40 Å². The molecule has 0 spiro atoms. The monoisotopic (exact) mass is 321 g/mol. The maximum atomic E-state index is 5.77. The molecule has 3 rings (SSSR count). The second-order valence-electron chi connectivity index (χ2n) is 5.47. The van der Waals surface area contributed by atoms with Gasteiger partial charge in [-0.05, 0) is 23.4 Å². The molecule has 0 amide bonds. The van der Waals surface area contributed by atoms with Crippen molar-refractivity contribution in [2.45, 2.75) is 32.9 Å². The fourth-order valence-corrected chi connectivity index (χ4v) is 4.50. The standard InChI is InChI=1S/C14H19N5S2/c1-9(2)7-19-14(16-8-17-19)5-10(18-15)12-6-13-11(21-12)3-4-20-13/h3-4,6,8-10,18H,5,7,15H2,1-2H3. The summed E-state index contributed by atoms with van der Waals surface area (Å²) in [5.74, 6) is 7.28. The second kappa shape index (κ2) is 6.23. The van der Waals surface area contributed by atoms with Crippen molar-refractivity contribution >= 4 is 32.1 Å². The molecule has 1 atom stereocenters. The fraction of sp³-hybridized carbons (Fsp3) is 0.429. The zero-order valence-electron chi connectivity index (χ0n) is 12.1. The molecular weight excluding hydrogens is 302 g/mol. The quantitative estimate of drug-likeness (QED) is 0.541. The maximum Gasteiger partial charge on any atom is 0.138 e. The number of aromatic nitrogens is 3. The Morgan fingerprint density at radius 3 is 2.95 bits per heavy atom. The molecule has 0 aliphatic rings. The molecule has 1 unspecified atom stereocenters. The molecule has 3 N–H and O–H groups in total. The van der Waals surface area contributed by atoms with Crippen molar-refractivity contribution in [1.82, 2.24) is 20.2 Å². The molecule has 21 heavy (non-hydrogen) atoms. The molecule has 0 radical (unpaired) electrons. The summed E-state index contributed by atoms with van der Waals surface area (Å²) >= 11 is 3.55. The minimum absolute atomic E-state index is 0.0738. The van der Waals surface area contributed by atoms with Gasteiger partial charge in [0.1, 0.15) is 12.2 Å². The summed E-state index contributed by atoms with van der Waals surface area (Å²) in [5, 5.41) is 6.43. The van der Waals surface area contributed by atoms with Gasteiger partial charge in [-0.15, -0.1) is 22.7 Å². The van der Waals surface area contributed by atoms with E-state index in [1.165, 1.54) is 14.3 Å². The van der Waals surface area contributed by atoms with Crippen molar-refractivity contribution in [3.05, 3.63) is 34.5 Å². The van der Waals surface area contributed by atoms with Crippen LogP contribution in [0.2, 0.25) is 0 Å². The lowest BCUT2D eigenvalue weighted by atomic mass is 10.1. The molecule has 0 aliphatic heterocycles. The third-order valence-corrected chi connectivity index (χ3v) is 5.53. The smallest absolute Gasteiger partial charge is 0.138 e. The third-order valence-electron chi connectivity index (χ3n) is 3.32. The van der Waals surface area contributed by atoms with E-state index in [0.29, 0.717) is 5.92 Å². The number of rotatable bonds is 6. The van der Waals surface area contributed by atoms with Crippen molar-refractivity contribution in [1.29, 1.82) is 0 Å². The van der Waals surface area contributed by atoms with E-state index in [9.17, 15) is 0 Å². The number of hydrogen-bond donors (Lipinski definition) is 2. The first-order valence-corrected chi connectivity index (χ1v) is 8.66. The average molecular weight is 321 g/mol. The van der Waals surface area contributed by atoms with E-state index in [2.05, 4.69) is 46.9 Å². The first-order valence-electron chi connectivity index (χ1n) is 6.97. The summed E-state index contributed by atoms with van der Waals surface area (Å²) in [5.41, 5.74) is 2.92. The van der Waals surface area contributed by atoms with Gasteiger partial charge in [-0.3, -0.25) is 11.3 Å². The minimum Gasteiger partial charge on any atom is -0.271 e. The van der Waals surface area contributed by atoms with E-state index >= 15 is 0 Å². The predicted molar refractivity (Wildman–Crippen MR) is 88.3 cm³/mol. The summed E-state index contributed by atoms with van der Waals surface area (Å²) in [6.45, 7) is 5.24. The summed E-state index contributed by atoms with van der Waals surface area (Å²) in [6.07, 6.45) is 2.37. The highest BCUT2D eigenvalue weighted by molar-refractivity contribution is 7.26. The van der Waals surface area contributed by atoms with Gasteiger partial charge >= 0.3 is 0 Å². The van der Waals surface area contributed by atoms with Crippen LogP contribution in [-0.4, -0.2) is 14.8 Å². The van der Waals surface area contributed by atoms with Gasteiger partial charge in [0.25, 0.3) is 0 Å². The highest BCUT2D eigenvalue weighted by atomic mass is 32.1. The number of thiophene rings is 2. The van der Waals surface area contributed by atoms with Crippen LogP contribution in [0.15, 0.2) is 23.8 Å². The molecule has 112 valence electrons. The van der Waals surface area contributed by atoms with Crippen molar-refractivity contribution < 1.29 is 0 Å². The first-order chi connectivity index (χ1) is 10.2. The lowest BCUT2D eigenvalue weighted by molar-refractivity contribution is 0.448. The molecule has 3 aromatic rings. The van der Waals surface area contributed by atoms with Gasteiger partial charge in [-0.25, -0.2) is 9.67 Å². The number of nitrogens with two attached hydrogens (primary N) is 1. The predicted octanol–water partition coefficient (Wildman–Crippen LogP) is 2.96. The fourth-order valence-electron chi connectivity index (χ4n) is 2.32. The first kappa shape index (κ1) is 14.6. The SMILES string of the molecule is CC(C)Cn1ncnc1CC(NN)c1cc2sccc2s1. The number of nitrogens with one attached hydrogen (secondary N) is 1. The van der Waals surface area contributed by atoms with Crippen LogP contribution in [0.5, 0.6) is 0 Å². The molecule has 0 aliphatic carbocycles. The van der Waals surface area contributed by atoms with Gasteiger partial charge in [0.05, 0.1) is 6.04 Å². The Labute approximate surface area is 131 Å². The number of nitrogens with zero attached hydrogens (tertiary/aromatic N) is 3. The second-order valence-corrected chi connectivity index (χ2v) is 7.54. The normalized spacial score (nSPS) is 13.3. The Morgan fingerprint density at radius 2 is 2.24 bits per heavy atom. The van der Waals surface area contributed by atoms with E-state index in [-0.39, 0.29) is 6.04 Å². The summed E-state index contributed by atoms with van der Waals surface area (Å²) < 4.78 is 4.61. The van der Waals surface area contributed by atoms with E-state index in [1.807, 2.05) is 4.68 Å². The zero-order chi connectivity index (χ0) is 14.8. The van der Waals surface area contributed by atoms with E-state index in [1.54, 1.807) is 29.0 Å². The Hall–Kier alpha value is -1.28. The Balaban J connectivity index is 1.81. The zero-order valence-corrected chi connectivity index (χ0v) is 13.7. The topological polar surface area (TPSA) is 68.8 Å². The summed E-state index contributed by atoms with van der Waals surface area (Å²) in [7, 11) is 0. The van der Waals surface area contributed by atoms with Crippen molar-refractivity contribution in [3.63, 3.8) is 0 Å². The average Bonchev–Trinajstić information content (AvgIpc) is 3.10. The molecule has 0 saturated heterocycles. The Bertz CT molecular complexity index is 683. The van der Waals surface area contributed by atoms with Gasteiger partial charge in [0, 0.05) is 27.2 Å². The molecule has 7 heteroatoms. The van der Waals surface area contributed by atoms with Gasteiger partial charge in [0.2, 0.25) is 0 Å². The molecule has 0 bridgehead atoms. The largest absolute Gasteiger partial charge is 0.271 e. The molecular formula is C14H19N5S2. The highest BCUT2D eigenvalue weighted by Gasteiger charge is 2.18. The molecule has 0 fully saturated rings. The van der Waals surface area contributed by atoms with Crippen molar-refractivity contribution in [2.75, 3.05) is 0 Å². The van der Waals surface area contributed by atoms with Crippen LogP contribution in [0.1, 0.15) is 30.6 Å². The number of hydrogen-bond acceptors (Lipinski definition) is 6. The van der Waals surface area contributed by atoms with Crippen molar-refractivity contribution in [3.8, 4) is 0 Å². The minimum atomic E-state index is 0.0738. The third kappa shape index (κ3) is 3.16. The van der Waals surface area contributed by atoms with Gasteiger partial charge in [0.15, 0.2) is 0 Å². The van der Waals surface area contributed by atoms with Crippen LogP contribution < -0.4 is 11.3 Å². The van der Waals surface area contributed by atoms with Crippen LogP contribution in [0.3, 0.4) is 0 Å². The molecule has 0 aromatic carbocycles. The van der Waals surface area contributed by atoms with E-state index < -0.39 is 0 Å². The van der Waals surface area contributed by atoms with E-state index in [4.69, 9.17) is 5.84 Å². The van der Waals surface area contributed by atoms with Gasteiger partial charge < -0.3 is 0 Å². The lowest BCUT2D eigenvalue weighted by Gasteiger charge is -2.15. The summed E-state index contributed by atoms with van der Waals surface area (Å²) in [6, 6.07) is 4.45. The molecule has 0 saturated carbocycles. The van der Waals surface area contributed by atoms with Crippen LogP contribution in [-0.2, 0) is 13.0 Å². The lowest BCUT2D eigenvalue weighted by Crippen LogP contribution is -2.30. The molecule has 3 aromatic heterocycles. The number of fused-ring (bicyclic) bond motifs is 1. The van der Waals surface area contributed by atoms with Crippen LogP contribution in [0.4, 0.5) is 0 Å². The highest BCUT2D eigenvalue weighted by Crippen LogP contribution is 2.34.